The van der Waals surface area contributed by atoms with Gasteiger partial charge in [-0.2, -0.15) is 0 Å². The topological polar surface area (TPSA) is 78.5 Å². The molecule has 3 heterocycles. The standard InChI is InChI=1S/C20H17ClN4O3S/c1-28-9-8-24-19(27)15-4-2-3-5-16(15)23-20(24)29-12-14-10-18(26)25-11-13(21)6-7-17(25)22-14/h2-7,10-11H,8-9,12H2,1H3. The first-order valence-corrected chi connectivity index (χ1v) is 10.2. The summed E-state index contributed by atoms with van der Waals surface area (Å²) in [6.07, 6.45) is 1.54. The van der Waals surface area contributed by atoms with E-state index in [1.165, 1.54) is 28.4 Å². The number of aromatic nitrogens is 4. The first kappa shape index (κ1) is 19.6. The lowest BCUT2D eigenvalue weighted by Gasteiger charge is -2.12. The summed E-state index contributed by atoms with van der Waals surface area (Å²) in [5.41, 5.74) is 1.42. The summed E-state index contributed by atoms with van der Waals surface area (Å²) in [6, 6.07) is 12.1. The van der Waals surface area contributed by atoms with Crippen molar-refractivity contribution in [2.45, 2.75) is 17.5 Å². The highest BCUT2D eigenvalue weighted by Gasteiger charge is 2.12. The molecule has 0 spiro atoms. The minimum atomic E-state index is -0.212. The van der Waals surface area contributed by atoms with Gasteiger partial charge in [-0.05, 0) is 24.3 Å². The Morgan fingerprint density at radius 3 is 2.79 bits per heavy atom. The van der Waals surface area contributed by atoms with Crippen molar-refractivity contribution in [2.75, 3.05) is 13.7 Å². The second kappa shape index (κ2) is 8.36. The van der Waals surface area contributed by atoms with E-state index in [0.29, 0.717) is 51.3 Å². The second-order valence-electron chi connectivity index (χ2n) is 6.31. The maximum absolute atomic E-state index is 12.9. The Bertz CT molecular complexity index is 1320. The van der Waals surface area contributed by atoms with Gasteiger partial charge in [-0.15, -0.1) is 0 Å². The summed E-state index contributed by atoms with van der Waals surface area (Å²) in [5, 5.41) is 1.59. The van der Waals surface area contributed by atoms with Gasteiger partial charge < -0.3 is 4.74 Å². The van der Waals surface area contributed by atoms with Crippen LogP contribution in [-0.4, -0.2) is 32.7 Å². The van der Waals surface area contributed by atoms with E-state index in [4.69, 9.17) is 16.3 Å². The van der Waals surface area contributed by atoms with Crippen molar-refractivity contribution in [3.8, 4) is 0 Å². The van der Waals surface area contributed by atoms with Crippen molar-refractivity contribution in [1.82, 2.24) is 18.9 Å². The molecule has 0 saturated carbocycles. The molecule has 1 aromatic carbocycles. The van der Waals surface area contributed by atoms with Gasteiger partial charge in [0.05, 0.1) is 34.8 Å². The summed E-state index contributed by atoms with van der Waals surface area (Å²) in [6.45, 7) is 0.783. The van der Waals surface area contributed by atoms with Gasteiger partial charge in [0.1, 0.15) is 5.65 Å². The summed E-state index contributed by atoms with van der Waals surface area (Å²) in [5.74, 6) is 0.395. The van der Waals surface area contributed by atoms with Crippen molar-refractivity contribution in [1.29, 1.82) is 0 Å². The van der Waals surface area contributed by atoms with E-state index in [1.54, 1.807) is 29.9 Å². The molecule has 0 radical (unpaired) electrons. The summed E-state index contributed by atoms with van der Waals surface area (Å²) >= 11 is 7.31. The van der Waals surface area contributed by atoms with Crippen LogP contribution in [0.4, 0.5) is 0 Å². The van der Waals surface area contributed by atoms with Crippen molar-refractivity contribution in [3.05, 3.63) is 80.1 Å². The molecule has 4 rings (SSSR count). The van der Waals surface area contributed by atoms with E-state index in [0.717, 1.165) is 0 Å². The normalized spacial score (nSPS) is 11.4. The van der Waals surface area contributed by atoms with Gasteiger partial charge in [0.25, 0.3) is 11.1 Å². The van der Waals surface area contributed by atoms with Gasteiger partial charge in [-0.1, -0.05) is 35.5 Å². The van der Waals surface area contributed by atoms with E-state index in [2.05, 4.69) is 9.97 Å². The van der Waals surface area contributed by atoms with Crippen molar-refractivity contribution >= 4 is 39.9 Å². The van der Waals surface area contributed by atoms with Gasteiger partial charge in [-0.25, -0.2) is 9.97 Å². The zero-order valence-electron chi connectivity index (χ0n) is 15.5. The third kappa shape index (κ3) is 4.05. The first-order chi connectivity index (χ1) is 14.1. The highest BCUT2D eigenvalue weighted by Crippen LogP contribution is 2.21. The molecule has 0 aliphatic heterocycles. The molecule has 0 fully saturated rings. The molecule has 0 atom stereocenters. The van der Waals surface area contributed by atoms with Gasteiger partial charge in [-0.3, -0.25) is 18.6 Å². The number of halogens is 1. The van der Waals surface area contributed by atoms with Crippen molar-refractivity contribution in [2.24, 2.45) is 0 Å². The maximum atomic E-state index is 12.9. The first-order valence-electron chi connectivity index (χ1n) is 8.86. The fourth-order valence-electron chi connectivity index (χ4n) is 2.98. The Labute approximate surface area is 174 Å². The van der Waals surface area contributed by atoms with E-state index in [9.17, 15) is 9.59 Å². The number of fused-ring (bicyclic) bond motifs is 2. The van der Waals surface area contributed by atoms with Crippen LogP contribution < -0.4 is 11.1 Å². The van der Waals surface area contributed by atoms with E-state index >= 15 is 0 Å². The van der Waals surface area contributed by atoms with Crippen LogP contribution in [0.1, 0.15) is 5.69 Å². The van der Waals surface area contributed by atoms with Crippen molar-refractivity contribution < 1.29 is 4.74 Å². The Balaban J connectivity index is 1.70. The number of benzene rings is 1. The third-order valence-corrected chi connectivity index (χ3v) is 5.60. The monoisotopic (exact) mass is 428 g/mol. The molecular formula is C20H17ClN4O3S. The number of ether oxygens (including phenoxy) is 1. The Morgan fingerprint density at radius 2 is 1.97 bits per heavy atom. The predicted molar refractivity (Wildman–Crippen MR) is 114 cm³/mol. The number of hydrogen-bond acceptors (Lipinski definition) is 6. The van der Waals surface area contributed by atoms with Gasteiger partial charge in [0, 0.05) is 25.1 Å². The van der Waals surface area contributed by atoms with Gasteiger partial charge >= 0.3 is 0 Å². The highest BCUT2D eigenvalue weighted by molar-refractivity contribution is 7.98. The Kier molecular flexibility index (Phi) is 5.66. The molecule has 7 nitrogen and oxygen atoms in total. The molecule has 0 bridgehead atoms. The summed E-state index contributed by atoms with van der Waals surface area (Å²) in [7, 11) is 1.59. The van der Waals surface area contributed by atoms with Gasteiger partial charge in [0.15, 0.2) is 5.16 Å². The Morgan fingerprint density at radius 1 is 1.14 bits per heavy atom. The minimum Gasteiger partial charge on any atom is -0.383 e. The van der Waals surface area contributed by atoms with Crippen LogP contribution in [0.5, 0.6) is 0 Å². The van der Waals surface area contributed by atoms with Gasteiger partial charge in [0.2, 0.25) is 0 Å². The molecule has 0 unspecified atom stereocenters. The zero-order chi connectivity index (χ0) is 20.4. The number of rotatable bonds is 6. The number of hydrogen-bond donors (Lipinski definition) is 0. The number of para-hydroxylation sites is 1. The lowest BCUT2D eigenvalue weighted by molar-refractivity contribution is 0.183. The van der Waals surface area contributed by atoms with E-state index < -0.39 is 0 Å². The van der Waals surface area contributed by atoms with Crippen LogP contribution in [-0.2, 0) is 17.0 Å². The number of pyridine rings is 1. The lowest BCUT2D eigenvalue weighted by atomic mass is 10.2. The maximum Gasteiger partial charge on any atom is 0.262 e. The fraction of sp³-hybridized carbons (Fsp3) is 0.200. The number of nitrogens with zero attached hydrogens (tertiary/aromatic N) is 4. The molecular weight excluding hydrogens is 412 g/mol. The fourth-order valence-corrected chi connectivity index (χ4v) is 4.05. The molecule has 0 amide bonds. The number of methoxy groups -OCH3 is 1. The zero-order valence-corrected chi connectivity index (χ0v) is 17.1. The van der Waals surface area contributed by atoms with Crippen LogP contribution >= 0.6 is 23.4 Å². The summed E-state index contributed by atoms with van der Waals surface area (Å²) < 4.78 is 8.14. The molecule has 29 heavy (non-hydrogen) atoms. The SMILES string of the molecule is COCCn1c(SCc2cc(=O)n3cc(Cl)ccc3n2)nc2ccccc2c1=O. The van der Waals surface area contributed by atoms with Crippen LogP contribution in [0.15, 0.2) is 63.4 Å². The Hall–Kier alpha value is -2.68. The second-order valence-corrected chi connectivity index (χ2v) is 7.69. The van der Waals surface area contributed by atoms with E-state index in [1.807, 2.05) is 18.2 Å². The van der Waals surface area contributed by atoms with Crippen LogP contribution in [0, 0.1) is 0 Å². The average Bonchev–Trinajstić information content (AvgIpc) is 2.72. The molecule has 4 aromatic rings. The average molecular weight is 429 g/mol. The molecule has 0 saturated heterocycles. The molecule has 0 aliphatic rings. The molecule has 3 aromatic heterocycles. The molecule has 0 N–H and O–H groups in total. The highest BCUT2D eigenvalue weighted by atomic mass is 35.5. The van der Waals surface area contributed by atoms with Crippen LogP contribution in [0.25, 0.3) is 16.6 Å². The van der Waals surface area contributed by atoms with Crippen molar-refractivity contribution in [3.63, 3.8) is 0 Å². The molecule has 9 heteroatoms. The largest absolute Gasteiger partial charge is 0.383 e. The molecule has 148 valence electrons. The van der Waals surface area contributed by atoms with E-state index in [-0.39, 0.29) is 11.1 Å². The third-order valence-electron chi connectivity index (χ3n) is 4.37. The number of thioether (sulfide) groups is 1. The van der Waals surface area contributed by atoms with Crippen LogP contribution in [0.3, 0.4) is 0 Å². The molecule has 0 aliphatic carbocycles. The van der Waals surface area contributed by atoms with Crippen LogP contribution in [0.2, 0.25) is 5.02 Å². The quantitative estimate of drug-likeness (QED) is 0.347. The smallest absolute Gasteiger partial charge is 0.262 e. The lowest BCUT2D eigenvalue weighted by Crippen LogP contribution is -2.25. The predicted octanol–water partition coefficient (Wildman–Crippen LogP) is 3.00. The summed E-state index contributed by atoms with van der Waals surface area (Å²) in [4.78, 5) is 34.4. The minimum absolute atomic E-state index is 0.115.